The molecule has 6 rings (SSSR count). The molecule has 0 N–H and O–H groups in total. The Bertz CT molecular complexity index is 1280. The van der Waals surface area contributed by atoms with Gasteiger partial charge >= 0.3 is 0 Å². The second kappa shape index (κ2) is 6.18. The molecule has 2 aliphatic rings. The molecule has 2 aliphatic carbocycles. The van der Waals surface area contributed by atoms with E-state index in [-0.39, 0.29) is 0 Å². The Kier molecular flexibility index (Phi) is 3.48. The van der Waals surface area contributed by atoms with E-state index in [0.717, 1.165) is 0 Å². The highest BCUT2D eigenvalue weighted by molar-refractivity contribution is 6.17. The highest BCUT2D eigenvalue weighted by Gasteiger charge is 2.29. The molecule has 0 heteroatoms. The average molecular weight is 368 g/mol. The minimum atomic E-state index is 1.28. The number of benzene rings is 4. The fraction of sp³-hybridized carbons (Fsp3) is 0.0345. The highest BCUT2D eigenvalue weighted by atomic mass is 14.3. The van der Waals surface area contributed by atoms with Crippen molar-refractivity contribution in [3.05, 3.63) is 137 Å². The van der Waals surface area contributed by atoms with Crippen molar-refractivity contribution < 1.29 is 0 Å². The number of hydrogen-bond acceptors (Lipinski definition) is 0. The Hall–Kier alpha value is -3.64. The van der Waals surface area contributed by atoms with Crippen molar-refractivity contribution in [3.63, 3.8) is 0 Å². The predicted molar refractivity (Wildman–Crippen MR) is 122 cm³/mol. The van der Waals surface area contributed by atoms with Crippen LogP contribution in [0.25, 0.3) is 27.8 Å². The van der Waals surface area contributed by atoms with Gasteiger partial charge in [-0.25, -0.2) is 0 Å². The van der Waals surface area contributed by atoms with Crippen molar-refractivity contribution in [2.24, 2.45) is 0 Å². The number of allylic oxidation sites excluding steroid dienone is 2. The van der Waals surface area contributed by atoms with Crippen LogP contribution < -0.4 is 0 Å². The smallest absolute Gasteiger partial charge is 0.00199 e. The third-order valence-electron chi connectivity index (χ3n) is 6.11. The number of fused-ring (bicyclic) bond motifs is 4. The first-order chi connectivity index (χ1) is 14.3. The molecule has 29 heavy (non-hydrogen) atoms. The second-order valence-corrected chi connectivity index (χ2v) is 7.85. The summed E-state index contributed by atoms with van der Waals surface area (Å²) in [6.45, 7) is 2.14. The molecule has 0 saturated heterocycles. The van der Waals surface area contributed by atoms with Crippen molar-refractivity contribution >= 4 is 16.7 Å². The van der Waals surface area contributed by atoms with Crippen LogP contribution in [0.4, 0.5) is 0 Å². The van der Waals surface area contributed by atoms with Crippen LogP contribution in [0.15, 0.2) is 103 Å². The maximum atomic E-state index is 2.39. The van der Waals surface area contributed by atoms with E-state index >= 15 is 0 Å². The van der Waals surface area contributed by atoms with Gasteiger partial charge in [0, 0.05) is 0 Å². The molecule has 4 aromatic carbocycles. The monoisotopic (exact) mass is 368 g/mol. The van der Waals surface area contributed by atoms with Crippen molar-refractivity contribution in [1.29, 1.82) is 0 Å². The Balaban J connectivity index is 1.68. The maximum absolute atomic E-state index is 2.39. The van der Waals surface area contributed by atoms with Crippen molar-refractivity contribution in [2.45, 2.75) is 6.92 Å². The van der Waals surface area contributed by atoms with E-state index in [4.69, 9.17) is 0 Å². The molecular weight excluding hydrogens is 348 g/mol. The van der Waals surface area contributed by atoms with Crippen LogP contribution >= 0.6 is 0 Å². The lowest BCUT2D eigenvalue weighted by atomic mass is 9.94. The first-order valence-electron chi connectivity index (χ1n) is 10.1. The Labute approximate surface area is 171 Å². The third-order valence-corrected chi connectivity index (χ3v) is 6.11. The SMILES string of the molecule is Cc1ccc(C2=CC(=C3c4ccccc4-c4ccccc43)c3ccccc32)cc1. The van der Waals surface area contributed by atoms with Gasteiger partial charge in [-0.15, -0.1) is 0 Å². The third kappa shape index (κ3) is 2.39. The van der Waals surface area contributed by atoms with Crippen LogP contribution in [0, 0.1) is 6.92 Å². The van der Waals surface area contributed by atoms with Crippen molar-refractivity contribution in [2.75, 3.05) is 0 Å². The summed E-state index contributed by atoms with van der Waals surface area (Å²) in [6, 6.07) is 35.3. The summed E-state index contributed by atoms with van der Waals surface area (Å²) in [4.78, 5) is 0. The van der Waals surface area contributed by atoms with Gasteiger partial charge in [-0.05, 0) is 68.7 Å². The van der Waals surface area contributed by atoms with Gasteiger partial charge in [0.25, 0.3) is 0 Å². The van der Waals surface area contributed by atoms with E-state index in [1.54, 1.807) is 0 Å². The zero-order chi connectivity index (χ0) is 19.4. The Morgan fingerprint density at radius 2 is 0.931 bits per heavy atom. The Morgan fingerprint density at radius 1 is 0.448 bits per heavy atom. The van der Waals surface area contributed by atoms with E-state index in [2.05, 4.69) is 110 Å². The lowest BCUT2D eigenvalue weighted by molar-refractivity contribution is 1.45. The summed E-state index contributed by atoms with van der Waals surface area (Å²) in [5, 5.41) is 0. The van der Waals surface area contributed by atoms with E-state index in [1.165, 1.54) is 61.2 Å². The van der Waals surface area contributed by atoms with Crippen LogP contribution in [0.5, 0.6) is 0 Å². The van der Waals surface area contributed by atoms with Gasteiger partial charge in [-0.3, -0.25) is 0 Å². The molecule has 0 nitrogen and oxygen atoms in total. The second-order valence-electron chi connectivity index (χ2n) is 7.85. The van der Waals surface area contributed by atoms with E-state index < -0.39 is 0 Å². The normalized spacial score (nSPS) is 13.8. The van der Waals surface area contributed by atoms with Gasteiger partial charge in [0.05, 0.1) is 0 Å². The molecule has 0 amide bonds. The van der Waals surface area contributed by atoms with E-state index in [9.17, 15) is 0 Å². The molecular formula is C29H20. The van der Waals surface area contributed by atoms with Gasteiger partial charge in [0.15, 0.2) is 0 Å². The first kappa shape index (κ1) is 16.3. The van der Waals surface area contributed by atoms with Crippen molar-refractivity contribution in [3.8, 4) is 11.1 Å². The quantitative estimate of drug-likeness (QED) is 0.289. The van der Waals surface area contributed by atoms with Crippen LogP contribution in [0.3, 0.4) is 0 Å². The number of hydrogen-bond donors (Lipinski definition) is 0. The summed E-state index contributed by atoms with van der Waals surface area (Å²) in [7, 11) is 0. The molecule has 0 heterocycles. The maximum Gasteiger partial charge on any atom is -0.00199 e. The number of aryl methyl sites for hydroxylation is 1. The molecule has 0 saturated carbocycles. The van der Waals surface area contributed by atoms with Crippen LogP contribution in [0.2, 0.25) is 0 Å². The molecule has 0 fully saturated rings. The molecule has 0 aliphatic heterocycles. The summed E-state index contributed by atoms with van der Waals surface area (Å²) >= 11 is 0. The summed E-state index contributed by atoms with van der Waals surface area (Å²) in [6.07, 6.45) is 2.39. The first-order valence-corrected chi connectivity index (χ1v) is 10.1. The van der Waals surface area contributed by atoms with Crippen LogP contribution in [0.1, 0.15) is 33.4 Å². The minimum Gasteiger partial charge on any atom is -0.0616 e. The zero-order valence-electron chi connectivity index (χ0n) is 16.3. The molecule has 0 bridgehead atoms. The number of rotatable bonds is 1. The molecule has 0 atom stereocenters. The van der Waals surface area contributed by atoms with Crippen molar-refractivity contribution in [1.82, 2.24) is 0 Å². The minimum absolute atomic E-state index is 1.28. The van der Waals surface area contributed by atoms with Gasteiger partial charge in [0.2, 0.25) is 0 Å². The summed E-state index contributed by atoms with van der Waals surface area (Å²) in [5.74, 6) is 0. The lowest BCUT2D eigenvalue weighted by Crippen LogP contribution is -1.89. The molecule has 0 radical (unpaired) electrons. The fourth-order valence-electron chi connectivity index (χ4n) is 4.74. The fourth-order valence-corrected chi connectivity index (χ4v) is 4.74. The topological polar surface area (TPSA) is 0 Å². The standard InChI is InChI=1S/C29H20/c1-19-14-16-20(17-15-19)27-18-28(24-11-3-2-10-23(24)27)29-25-12-6-4-8-21(25)22-9-5-7-13-26(22)29/h2-18H,1H3. The molecule has 0 unspecified atom stereocenters. The molecule has 0 spiro atoms. The largest absolute Gasteiger partial charge is 0.0616 e. The zero-order valence-corrected chi connectivity index (χ0v) is 16.3. The molecule has 0 aromatic heterocycles. The van der Waals surface area contributed by atoms with E-state index in [0.29, 0.717) is 0 Å². The molecule has 4 aromatic rings. The summed E-state index contributed by atoms with van der Waals surface area (Å²) in [5.41, 5.74) is 14.5. The van der Waals surface area contributed by atoms with E-state index in [1.807, 2.05) is 0 Å². The average Bonchev–Trinajstić information content (AvgIpc) is 3.30. The van der Waals surface area contributed by atoms with Gasteiger partial charge in [-0.1, -0.05) is 103 Å². The summed E-state index contributed by atoms with van der Waals surface area (Å²) < 4.78 is 0. The van der Waals surface area contributed by atoms with Crippen LogP contribution in [-0.4, -0.2) is 0 Å². The molecule has 136 valence electrons. The predicted octanol–water partition coefficient (Wildman–Crippen LogP) is 7.38. The Morgan fingerprint density at radius 3 is 1.52 bits per heavy atom. The highest BCUT2D eigenvalue weighted by Crippen LogP contribution is 2.51. The van der Waals surface area contributed by atoms with Crippen LogP contribution in [-0.2, 0) is 0 Å². The lowest BCUT2D eigenvalue weighted by Gasteiger charge is -2.09. The van der Waals surface area contributed by atoms with Gasteiger partial charge in [-0.2, -0.15) is 0 Å². The van der Waals surface area contributed by atoms with Gasteiger partial charge < -0.3 is 0 Å². The van der Waals surface area contributed by atoms with Gasteiger partial charge in [0.1, 0.15) is 0 Å².